The first-order valence-corrected chi connectivity index (χ1v) is 9.52. The highest BCUT2D eigenvalue weighted by Crippen LogP contribution is 2.45. The Balaban J connectivity index is 2.70. The van der Waals surface area contributed by atoms with Gasteiger partial charge in [-0.15, -0.1) is 0 Å². The molecule has 2 aromatic rings. The number of hydrogen-bond donors (Lipinski definition) is 2. The van der Waals surface area contributed by atoms with Gasteiger partial charge in [-0.2, -0.15) is 0 Å². The lowest BCUT2D eigenvalue weighted by Crippen LogP contribution is -2.18. The number of carbonyl (C=O) groups excluding carboxylic acids is 2. The third-order valence-corrected chi connectivity index (χ3v) is 5.02. The smallest absolute Gasteiger partial charge is 0.249 e. The molecule has 0 saturated heterocycles. The van der Waals surface area contributed by atoms with E-state index < -0.39 is 11.8 Å². The van der Waals surface area contributed by atoms with Crippen LogP contribution in [-0.2, 0) is 12.8 Å². The summed E-state index contributed by atoms with van der Waals surface area (Å²) in [5.41, 5.74) is 12.6. The summed E-state index contributed by atoms with van der Waals surface area (Å²) in [5, 5.41) is 0. The molecular weight excluding hydrogens is 420 g/mol. The lowest BCUT2D eigenvalue weighted by atomic mass is 9.93. The van der Waals surface area contributed by atoms with Gasteiger partial charge < -0.3 is 39.9 Å². The van der Waals surface area contributed by atoms with Crippen LogP contribution in [0.25, 0.3) is 0 Å². The second-order valence-electron chi connectivity index (χ2n) is 6.57. The number of methoxy groups -OCH3 is 6. The van der Waals surface area contributed by atoms with E-state index in [1.54, 1.807) is 0 Å². The Morgan fingerprint density at radius 2 is 0.906 bits per heavy atom. The predicted octanol–water partition coefficient (Wildman–Crippen LogP) is 1.72. The maximum atomic E-state index is 12.2. The number of hydrogen-bond acceptors (Lipinski definition) is 8. The maximum Gasteiger partial charge on any atom is 0.249 e. The summed E-state index contributed by atoms with van der Waals surface area (Å²) in [6.45, 7) is 0. The third-order valence-electron chi connectivity index (χ3n) is 5.02. The topological polar surface area (TPSA) is 142 Å². The Kier molecular flexibility index (Phi) is 8.00. The zero-order valence-electron chi connectivity index (χ0n) is 19.0. The van der Waals surface area contributed by atoms with Gasteiger partial charge in [0.05, 0.1) is 42.7 Å². The van der Waals surface area contributed by atoms with Crippen LogP contribution in [0, 0.1) is 0 Å². The first kappa shape index (κ1) is 24.4. The van der Waals surface area contributed by atoms with Gasteiger partial charge in [-0.1, -0.05) is 0 Å². The zero-order chi connectivity index (χ0) is 24.0. The minimum absolute atomic E-state index is 0.194. The van der Waals surface area contributed by atoms with Gasteiger partial charge in [-0.25, -0.2) is 0 Å². The molecule has 10 nitrogen and oxygen atoms in total. The summed E-state index contributed by atoms with van der Waals surface area (Å²) < 4.78 is 32.5. The summed E-state index contributed by atoms with van der Waals surface area (Å²) in [6, 6.07) is 2.97. The van der Waals surface area contributed by atoms with Crippen LogP contribution in [0.4, 0.5) is 0 Å². The molecule has 0 aliphatic rings. The van der Waals surface area contributed by atoms with Crippen molar-refractivity contribution >= 4 is 11.8 Å². The fraction of sp³-hybridized carbons (Fsp3) is 0.364. The van der Waals surface area contributed by atoms with E-state index >= 15 is 0 Å². The molecule has 0 atom stereocenters. The van der Waals surface area contributed by atoms with E-state index in [9.17, 15) is 9.59 Å². The van der Waals surface area contributed by atoms with Crippen LogP contribution in [0.15, 0.2) is 12.1 Å². The van der Waals surface area contributed by atoms with Gasteiger partial charge in [-0.05, 0) is 25.0 Å². The van der Waals surface area contributed by atoms with Crippen molar-refractivity contribution in [3.8, 4) is 34.5 Å². The van der Waals surface area contributed by atoms with Crippen LogP contribution < -0.4 is 39.9 Å². The van der Waals surface area contributed by atoms with E-state index in [2.05, 4.69) is 0 Å². The molecule has 0 radical (unpaired) electrons. The van der Waals surface area contributed by atoms with Gasteiger partial charge in [0, 0.05) is 22.3 Å². The van der Waals surface area contributed by atoms with Gasteiger partial charge in [0.1, 0.15) is 0 Å². The molecule has 174 valence electrons. The SMILES string of the molecule is COc1cc(C(N)=O)c(CCc2c(C(N)=O)cc(OC)c(OC)c2OC)c(OC)c1OC. The van der Waals surface area contributed by atoms with Crippen molar-refractivity contribution < 1.29 is 38.0 Å². The van der Waals surface area contributed by atoms with Crippen molar-refractivity contribution in [2.45, 2.75) is 12.8 Å². The molecule has 0 spiro atoms. The molecule has 2 aromatic carbocycles. The van der Waals surface area contributed by atoms with E-state index in [0.29, 0.717) is 45.6 Å². The highest BCUT2D eigenvalue weighted by atomic mass is 16.5. The van der Waals surface area contributed by atoms with E-state index in [1.165, 1.54) is 54.8 Å². The molecule has 0 fully saturated rings. The molecule has 0 unspecified atom stereocenters. The first-order chi connectivity index (χ1) is 15.3. The monoisotopic (exact) mass is 448 g/mol. The molecular formula is C22H28N2O8. The Labute approximate surface area is 186 Å². The average molecular weight is 448 g/mol. The minimum atomic E-state index is -0.673. The second-order valence-corrected chi connectivity index (χ2v) is 6.57. The molecule has 0 aliphatic carbocycles. The van der Waals surface area contributed by atoms with Crippen molar-refractivity contribution in [1.29, 1.82) is 0 Å². The number of ether oxygens (including phenoxy) is 6. The van der Waals surface area contributed by atoms with Crippen LogP contribution in [0.1, 0.15) is 31.8 Å². The number of primary amides is 2. The Morgan fingerprint density at radius 1 is 0.594 bits per heavy atom. The summed E-state index contributed by atoms with van der Waals surface area (Å²) in [4.78, 5) is 24.4. The Morgan fingerprint density at radius 3 is 1.12 bits per heavy atom. The maximum absolute atomic E-state index is 12.2. The average Bonchev–Trinajstić information content (AvgIpc) is 2.79. The van der Waals surface area contributed by atoms with E-state index in [-0.39, 0.29) is 24.0 Å². The third kappa shape index (κ3) is 4.43. The Hall–Kier alpha value is -3.82. The standard InChI is InChI=1S/C22H28N2O8/c1-27-15-9-13(21(23)25)11(17(29-3)19(15)31-5)7-8-12-14(22(24)26)10-16(28-2)20(32-6)18(12)30-4/h9-10H,7-8H2,1-6H3,(H2,23,25)(H2,24,26). The van der Waals surface area contributed by atoms with Crippen LogP contribution in [0.5, 0.6) is 34.5 Å². The fourth-order valence-electron chi connectivity index (χ4n) is 3.62. The minimum Gasteiger partial charge on any atom is -0.493 e. The molecule has 0 bridgehead atoms. The van der Waals surface area contributed by atoms with Gasteiger partial charge in [0.25, 0.3) is 0 Å². The normalized spacial score (nSPS) is 10.3. The fourth-order valence-corrected chi connectivity index (χ4v) is 3.62. The Bertz CT molecular complexity index is 938. The summed E-state index contributed by atoms with van der Waals surface area (Å²) in [7, 11) is 8.67. The number of benzene rings is 2. The summed E-state index contributed by atoms with van der Waals surface area (Å²) in [5.74, 6) is 0.449. The van der Waals surface area contributed by atoms with Crippen molar-refractivity contribution in [3.63, 3.8) is 0 Å². The molecule has 4 N–H and O–H groups in total. The van der Waals surface area contributed by atoms with Crippen LogP contribution >= 0.6 is 0 Å². The van der Waals surface area contributed by atoms with Crippen molar-refractivity contribution in [2.24, 2.45) is 11.5 Å². The number of nitrogens with two attached hydrogens (primary N) is 2. The van der Waals surface area contributed by atoms with Gasteiger partial charge in [-0.3, -0.25) is 9.59 Å². The van der Waals surface area contributed by atoms with Crippen LogP contribution in [0.3, 0.4) is 0 Å². The summed E-state index contributed by atoms with van der Waals surface area (Å²) in [6.07, 6.45) is 0.460. The molecule has 2 rings (SSSR count). The lowest BCUT2D eigenvalue weighted by Gasteiger charge is -2.21. The van der Waals surface area contributed by atoms with E-state index in [1.807, 2.05) is 0 Å². The van der Waals surface area contributed by atoms with Crippen molar-refractivity contribution in [2.75, 3.05) is 42.7 Å². The molecule has 0 aliphatic heterocycles. The highest BCUT2D eigenvalue weighted by Gasteiger charge is 2.26. The lowest BCUT2D eigenvalue weighted by molar-refractivity contribution is 0.0989. The number of rotatable bonds is 11. The van der Waals surface area contributed by atoms with E-state index in [0.717, 1.165) is 0 Å². The number of amides is 2. The second kappa shape index (κ2) is 10.5. The van der Waals surface area contributed by atoms with Crippen molar-refractivity contribution in [1.82, 2.24) is 0 Å². The van der Waals surface area contributed by atoms with Gasteiger partial charge in [0.15, 0.2) is 23.0 Å². The van der Waals surface area contributed by atoms with Crippen molar-refractivity contribution in [3.05, 3.63) is 34.4 Å². The van der Waals surface area contributed by atoms with E-state index in [4.69, 9.17) is 39.9 Å². The molecule has 0 saturated carbocycles. The summed E-state index contributed by atoms with van der Waals surface area (Å²) >= 11 is 0. The molecule has 0 aromatic heterocycles. The number of carbonyl (C=O) groups is 2. The van der Waals surface area contributed by atoms with Gasteiger partial charge in [0.2, 0.25) is 23.3 Å². The largest absolute Gasteiger partial charge is 0.493 e. The highest BCUT2D eigenvalue weighted by molar-refractivity contribution is 5.97. The molecule has 32 heavy (non-hydrogen) atoms. The molecule has 10 heteroatoms. The van der Waals surface area contributed by atoms with Gasteiger partial charge >= 0.3 is 0 Å². The first-order valence-electron chi connectivity index (χ1n) is 9.52. The zero-order valence-corrected chi connectivity index (χ0v) is 19.0. The van der Waals surface area contributed by atoms with Crippen LogP contribution in [0.2, 0.25) is 0 Å². The van der Waals surface area contributed by atoms with Crippen LogP contribution in [-0.4, -0.2) is 54.5 Å². The quantitative estimate of drug-likeness (QED) is 0.529. The molecule has 0 heterocycles. The molecule has 2 amide bonds. The predicted molar refractivity (Wildman–Crippen MR) is 117 cm³/mol.